The van der Waals surface area contributed by atoms with E-state index in [1.54, 1.807) is 36.4 Å². The molecule has 0 bridgehead atoms. The number of carbonyl (C=O) groups is 2. The molecule has 2 amide bonds. The fourth-order valence-corrected chi connectivity index (χ4v) is 4.50. The van der Waals surface area contributed by atoms with Crippen LogP contribution in [0, 0.1) is 0 Å². The van der Waals surface area contributed by atoms with Gasteiger partial charge in [0, 0.05) is 23.1 Å². The second-order valence-corrected chi connectivity index (χ2v) is 9.07. The summed E-state index contributed by atoms with van der Waals surface area (Å²) in [6.07, 6.45) is 1.89. The minimum Gasteiger partial charge on any atom is -0.366 e. The van der Waals surface area contributed by atoms with E-state index in [-0.39, 0.29) is 24.4 Å². The van der Waals surface area contributed by atoms with E-state index in [1.165, 1.54) is 4.90 Å². The highest BCUT2D eigenvalue weighted by atomic mass is 35.5. The number of imide groups is 1. The Kier molecular flexibility index (Phi) is 6.37. The smallest absolute Gasteiger partial charge is 0.278 e. The van der Waals surface area contributed by atoms with Gasteiger partial charge in [-0.05, 0) is 68.4 Å². The second-order valence-electron chi connectivity index (χ2n) is 8.20. The summed E-state index contributed by atoms with van der Waals surface area (Å²) in [4.78, 5) is 32.6. The number of halogens is 2. The molecule has 1 saturated heterocycles. The lowest BCUT2D eigenvalue weighted by Gasteiger charge is -2.36. The molecule has 0 unspecified atom stereocenters. The van der Waals surface area contributed by atoms with E-state index in [4.69, 9.17) is 23.2 Å². The summed E-state index contributed by atoms with van der Waals surface area (Å²) in [5.41, 5.74) is 2.47. The first-order valence-electron chi connectivity index (χ1n) is 10.4. The second kappa shape index (κ2) is 9.03. The van der Waals surface area contributed by atoms with Crippen molar-refractivity contribution in [2.24, 2.45) is 0 Å². The van der Waals surface area contributed by atoms with Gasteiger partial charge in [0.25, 0.3) is 11.8 Å². The first-order valence-corrected chi connectivity index (χ1v) is 11.1. The van der Waals surface area contributed by atoms with E-state index < -0.39 is 0 Å². The molecule has 2 aliphatic rings. The van der Waals surface area contributed by atoms with Gasteiger partial charge in [0.1, 0.15) is 5.70 Å². The van der Waals surface area contributed by atoms with Crippen LogP contribution in [-0.2, 0) is 16.1 Å². The molecule has 0 aliphatic carbocycles. The number of amides is 2. The topological polar surface area (TPSA) is 43.9 Å². The van der Waals surface area contributed by atoms with Crippen molar-refractivity contribution < 1.29 is 9.59 Å². The van der Waals surface area contributed by atoms with Gasteiger partial charge in [0.2, 0.25) is 0 Å². The number of benzene rings is 2. The molecule has 1 fully saturated rings. The SMILES string of the molecule is CN1CCC(N(C)C2=C(c3ccc(Cl)cc3)C(=O)N(Cc3ccc(Cl)cc3)C2=O)CC1. The monoisotopic (exact) mass is 457 g/mol. The quantitative estimate of drug-likeness (QED) is 0.627. The number of likely N-dealkylation sites (tertiary alicyclic amines) is 1. The van der Waals surface area contributed by atoms with Gasteiger partial charge in [0.05, 0.1) is 12.1 Å². The van der Waals surface area contributed by atoms with Crippen molar-refractivity contribution in [2.75, 3.05) is 27.2 Å². The summed E-state index contributed by atoms with van der Waals surface area (Å²) in [7, 11) is 4.03. The highest BCUT2D eigenvalue weighted by molar-refractivity contribution is 6.36. The van der Waals surface area contributed by atoms with Crippen molar-refractivity contribution in [1.29, 1.82) is 0 Å². The maximum atomic E-state index is 13.5. The Bertz CT molecular complexity index is 1010. The number of nitrogens with zero attached hydrogens (tertiary/aromatic N) is 3. The zero-order chi connectivity index (χ0) is 22.1. The van der Waals surface area contributed by atoms with Crippen LogP contribution < -0.4 is 0 Å². The summed E-state index contributed by atoms with van der Waals surface area (Å²) in [6.45, 7) is 2.14. The summed E-state index contributed by atoms with van der Waals surface area (Å²) in [6, 6.07) is 14.5. The maximum absolute atomic E-state index is 13.5. The third-order valence-electron chi connectivity index (χ3n) is 6.12. The Balaban J connectivity index is 1.70. The van der Waals surface area contributed by atoms with Gasteiger partial charge < -0.3 is 9.80 Å². The molecule has 31 heavy (non-hydrogen) atoms. The molecule has 2 aliphatic heterocycles. The summed E-state index contributed by atoms with van der Waals surface area (Å²) in [5.74, 6) is -0.539. The molecule has 5 nitrogen and oxygen atoms in total. The van der Waals surface area contributed by atoms with Gasteiger partial charge in [-0.2, -0.15) is 0 Å². The predicted octanol–water partition coefficient (Wildman–Crippen LogP) is 4.30. The van der Waals surface area contributed by atoms with E-state index in [9.17, 15) is 9.59 Å². The number of hydrogen-bond donors (Lipinski definition) is 0. The number of piperidine rings is 1. The van der Waals surface area contributed by atoms with Crippen LogP contribution in [0.5, 0.6) is 0 Å². The van der Waals surface area contributed by atoms with Gasteiger partial charge >= 0.3 is 0 Å². The zero-order valence-electron chi connectivity index (χ0n) is 17.6. The van der Waals surface area contributed by atoms with Crippen LogP contribution in [0.25, 0.3) is 5.57 Å². The van der Waals surface area contributed by atoms with Gasteiger partial charge in [-0.1, -0.05) is 47.5 Å². The molecule has 7 heteroatoms. The molecule has 0 radical (unpaired) electrons. The van der Waals surface area contributed by atoms with Crippen LogP contribution in [0.15, 0.2) is 54.2 Å². The molecule has 0 atom stereocenters. The molecule has 0 aromatic heterocycles. The first kappa shape index (κ1) is 21.9. The Morgan fingerprint density at radius 1 is 0.903 bits per heavy atom. The standard InChI is InChI=1S/C24H25Cl2N3O2/c1-27-13-11-20(12-14-27)28(2)22-21(17-5-9-19(26)10-6-17)23(30)29(24(22)31)15-16-3-7-18(25)8-4-16/h3-10,20H,11-15H2,1-2H3. The lowest BCUT2D eigenvalue weighted by Crippen LogP contribution is -2.43. The van der Waals surface area contributed by atoms with Crippen molar-refractivity contribution >= 4 is 40.6 Å². The average Bonchev–Trinajstić information content (AvgIpc) is 3.00. The van der Waals surface area contributed by atoms with Crippen LogP contribution in [0.2, 0.25) is 10.0 Å². The minimum absolute atomic E-state index is 0.205. The Hall–Kier alpha value is -2.34. The summed E-state index contributed by atoms with van der Waals surface area (Å²) < 4.78 is 0. The molecular formula is C24H25Cl2N3O2. The molecule has 0 N–H and O–H groups in total. The molecular weight excluding hydrogens is 433 g/mol. The van der Waals surface area contributed by atoms with Crippen LogP contribution in [-0.4, -0.2) is 59.7 Å². The van der Waals surface area contributed by atoms with Gasteiger partial charge in [-0.15, -0.1) is 0 Å². The normalized spacial score (nSPS) is 18.3. The van der Waals surface area contributed by atoms with E-state index in [2.05, 4.69) is 11.9 Å². The minimum atomic E-state index is -0.281. The Morgan fingerprint density at radius 2 is 1.45 bits per heavy atom. The lowest BCUT2D eigenvalue weighted by atomic mass is 10.0. The van der Waals surface area contributed by atoms with Crippen LogP contribution >= 0.6 is 23.2 Å². The molecule has 2 aromatic rings. The first-order chi connectivity index (χ1) is 14.8. The van der Waals surface area contributed by atoms with Crippen molar-refractivity contribution in [3.8, 4) is 0 Å². The molecule has 2 aromatic carbocycles. The van der Waals surface area contributed by atoms with E-state index in [1.807, 2.05) is 24.1 Å². The lowest BCUT2D eigenvalue weighted by molar-refractivity contribution is -0.138. The summed E-state index contributed by atoms with van der Waals surface area (Å²) >= 11 is 12.0. The highest BCUT2D eigenvalue weighted by Gasteiger charge is 2.42. The fourth-order valence-electron chi connectivity index (χ4n) is 4.25. The Morgan fingerprint density at radius 3 is 2.03 bits per heavy atom. The number of carbonyl (C=O) groups excluding carboxylic acids is 2. The average molecular weight is 458 g/mol. The number of hydrogen-bond acceptors (Lipinski definition) is 4. The van der Waals surface area contributed by atoms with Gasteiger partial charge in [0.15, 0.2) is 0 Å². The highest BCUT2D eigenvalue weighted by Crippen LogP contribution is 2.34. The maximum Gasteiger partial charge on any atom is 0.278 e. The predicted molar refractivity (Wildman–Crippen MR) is 124 cm³/mol. The van der Waals surface area contributed by atoms with E-state index in [0.717, 1.165) is 31.5 Å². The fraction of sp³-hybridized carbons (Fsp3) is 0.333. The van der Waals surface area contributed by atoms with Crippen LogP contribution in [0.1, 0.15) is 24.0 Å². The molecule has 162 valence electrons. The van der Waals surface area contributed by atoms with Gasteiger partial charge in [-0.3, -0.25) is 14.5 Å². The Labute approximate surface area is 192 Å². The van der Waals surface area contributed by atoms with Crippen molar-refractivity contribution in [3.63, 3.8) is 0 Å². The largest absolute Gasteiger partial charge is 0.366 e. The molecule has 2 heterocycles. The van der Waals surface area contributed by atoms with E-state index in [0.29, 0.717) is 26.9 Å². The third-order valence-corrected chi connectivity index (χ3v) is 6.62. The summed E-state index contributed by atoms with van der Waals surface area (Å²) in [5, 5.41) is 1.20. The number of rotatable bonds is 5. The van der Waals surface area contributed by atoms with Crippen molar-refractivity contribution in [3.05, 3.63) is 75.4 Å². The zero-order valence-corrected chi connectivity index (χ0v) is 19.2. The molecule has 4 rings (SSSR count). The van der Waals surface area contributed by atoms with Crippen molar-refractivity contribution in [1.82, 2.24) is 14.7 Å². The molecule has 0 saturated carbocycles. The number of likely N-dealkylation sites (N-methyl/N-ethyl adjacent to an activating group) is 1. The molecule has 0 spiro atoms. The van der Waals surface area contributed by atoms with Crippen LogP contribution in [0.3, 0.4) is 0 Å². The van der Waals surface area contributed by atoms with E-state index >= 15 is 0 Å². The van der Waals surface area contributed by atoms with Crippen LogP contribution in [0.4, 0.5) is 0 Å². The third kappa shape index (κ3) is 4.49. The van der Waals surface area contributed by atoms with Crippen molar-refractivity contribution in [2.45, 2.75) is 25.4 Å². The van der Waals surface area contributed by atoms with Gasteiger partial charge in [-0.25, -0.2) is 0 Å².